The lowest BCUT2D eigenvalue weighted by atomic mass is 10.00. The van der Waals surface area contributed by atoms with Crippen LogP contribution < -0.4 is 10.6 Å². The summed E-state index contributed by atoms with van der Waals surface area (Å²) in [4.78, 5) is 32.7. The summed E-state index contributed by atoms with van der Waals surface area (Å²) in [6.07, 6.45) is 10.8. The summed E-state index contributed by atoms with van der Waals surface area (Å²) < 4.78 is 1.55. The number of aromatic nitrogens is 8. The summed E-state index contributed by atoms with van der Waals surface area (Å²) in [7, 11) is 0. The van der Waals surface area contributed by atoms with Gasteiger partial charge in [0.2, 0.25) is 5.91 Å². The first-order valence-corrected chi connectivity index (χ1v) is 15.7. The molecule has 6 aromatic rings. The molecule has 0 unspecified atom stereocenters. The predicted octanol–water partition coefficient (Wildman–Crippen LogP) is 6.31. The van der Waals surface area contributed by atoms with Gasteiger partial charge in [0.25, 0.3) is 0 Å². The SMILES string of the molecule is CC(C)C(=O)n1ncc2c1CCc1sc(Nc3ccccn3)nc1-2.c1ccc(Nc2nc3c(s2)CCc2[nH]ncc2-3)nc1. The number of fused-ring (bicyclic) bond motifs is 6. The second kappa shape index (κ2) is 11.5. The molecule has 11 nitrogen and oxygen atoms in total. The summed E-state index contributed by atoms with van der Waals surface area (Å²) in [6, 6.07) is 11.5. The molecule has 0 saturated heterocycles. The molecule has 3 N–H and O–H groups in total. The normalized spacial score (nSPS) is 12.8. The van der Waals surface area contributed by atoms with Crippen molar-refractivity contribution in [3.63, 3.8) is 0 Å². The molecule has 2 aliphatic rings. The van der Waals surface area contributed by atoms with E-state index in [-0.39, 0.29) is 11.8 Å². The van der Waals surface area contributed by atoms with Crippen molar-refractivity contribution in [2.24, 2.45) is 5.92 Å². The quantitative estimate of drug-likeness (QED) is 0.205. The fourth-order valence-electron chi connectivity index (χ4n) is 5.09. The third kappa shape index (κ3) is 5.44. The summed E-state index contributed by atoms with van der Waals surface area (Å²) >= 11 is 3.33. The second-order valence-electron chi connectivity index (χ2n) is 10.4. The number of anilines is 4. The van der Waals surface area contributed by atoms with Crippen LogP contribution in [0.15, 0.2) is 61.2 Å². The van der Waals surface area contributed by atoms with Gasteiger partial charge in [-0.25, -0.2) is 24.6 Å². The van der Waals surface area contributed by atoms with Crippen molar-refractivity contribution in [3.8, 4) is 22.5 Å². The Hall–Kier alpha value is -4.75. The van der Waals surface area contributed by atoms with Gasteiger partial charge in [-0.1, -0.05) is 26.0 Å². The zero-order valence-electron chi connectivity index (χ0n) is 23.5. The van der Waals surface area contributed by atoms with Gasteiger partial charge < -0.3 is 10.6 Å². The number of pyridine rings is 2. The summed E-state index contributed by atoms with van der Waals surface area (Å²) in [5, 5.41) is 19.6. The molecule has 8 rings (SSSR count). The van der Waals surface area contributed by atoms with Crippen molar-refractivity contribution >= 4 is 50.5 Å². The molecule has 6 aromatic heterocycles. The standard InChI is InChI=1S/C17H17N5OS.C13H11N5S/c1-10(2)16(23)22-12-6-7-13-15(11(12)9-19-22)21-17(24-13)20-14-5-3-4-8-18-14;1-2-6-14-11(3-1)16-13-17-12-8-7-15-18-9(8)4-5-10(12)19-13/h3-5,8-10H,6-7H2,1-2H3,(H,18,20,21);1-3,6-7H,4-5H2,(H,15,18)(H,14,16,17). The Kier molecular flexibility index (Phi) is 7.25. The van der Waals surface area contributed by atoms with E-state index >= 15 is 0 Å². The lowest BCUT2D eigenvalue weighted by Crippen LogP contribution is -2.21. The molecule has 0 aromatic carbocycles. The Morgan fingerprint density at radius 3 is 2.07 bits per heavy atom. The topological polar surface area (TPSA) is 139 Å². The fourth-order valence-corrected chi connectivity index (χ4v) is 7.05. The largest absolute Gasteiger partial charge is 0.316 e. The molecule has 0 radical (unpaired) electrons. The number of aromatic amines is 1. The van der Waals surface area contributed by atoms with E-state index in [1.165, 1.54) is 15.4 Å². The van der Waals surface area contributed by atoms with Crippen LogP contribution in [0.25, 0.3) is 22.5 Å². The Morgan fingerprint density at radius 2 is 1.47 bits per heavy atom. The van der Waals surface area contributed by atoms with Crippen molar-refractivity contribution in [1.82, 2.24) is 39.9 Å². The first-order chi connectivity index (χ1) is 21.0. The van der Waals surface area contributed by atoms with Gasteiger partial charge in [0.05, 0.1) is 29.5 Å². The Bertz CT molecular complexity index is 1890. The number of hydrogen-bond donors (Lipinski definition) is 3. The highest BCUT2D eigenvalue weighted by atomic mass is 32.1. The minimum atomic E-state index is -0.0767. The van der Waals surface area contributed by atoms with Crippen molar-refractivity contribution in [2.75, 3.05) is 10.6 Å². The molecule has 0 bridgehead atoms. The van der Waals surface area contributed by atoms with E-state index in [0.29, 0.717) is 0 Å². The average Bonchev–Trinajstić information content (AvgIpc) is 3.82. The van der Waals surface area contributed by atoms with Gasteiger partial charge in [-0.2, -0.15) is 10.2 Å². The van der Waals surface area contributed by atoms with Gasteiger partial charge in [-0.15, -0.1) is 22.7 Å². The van der Waals surface area contributed by atoms with Gasteiger partial charge in [0, 0.05) is 44.9 Å². The molecular weight excluding hydrogens is 581 g/mol. The number of H-pyrrole nitrogens is 1. The molecule has 2 aliphatic carbocycles. The van der Waals surface area contributed by atoms with Gasteiger partial charge >= 0.3 is 0 Å². The Balaban J connectivity index is 0.000000143. The van der Waals surface area contributed by atoms with Crippen molar-refractivity contribution < 1.29 is 4.79 Å². The molecule has 13 heteroatoms. The van der Waals surface area contributed by atoms with Gasteiger partial charge in [-0.05, 0) is 49.9 Å². The van der Waals surface area contributed by atoms with Crippen LogP contribution in [0.2, 0.25) is 0 Å². The summed E-state index contributed by atoms with van der Waals surface area (Å²) in [5.41, 5.74) is 6.24. The van der Waals surface area contributed by atoms with E-state index in [4.69, 9.17) is 4.98 Å². The fraction of sp³-hybridized carbons (Fsp3) is 0.233. The van der Waals surface area contributed by atoms with Gasteiger partial charge in [0.1, 0.15) is 11.6 Å². The van der Waals surface area contributed by atoms with E-state index in [1.807, 2.05) is 56.4 Å². The average molecular weight is 609 g/mol. The predicted molar refractivity (Wildman–Crippen MR) is 168 cm³/mol. The van der Waals surface area contributed by atoms with Crippen LogP contribution in [0.5, 0.6) is 0 Å². The maximum Gasteiger partial charge on any atom is 0.249 e. The van der Waals surface area contributed by atoms with E-state index in [9.17, 15) is 4.79 Å². The highest BCUT2D eigenvalue weighted by Crippen LogP contribution is 2.39. The van der Waals surface area contributed by atoms with Crippen molar-refractivity contribution in [2.45, 2.75) is 39.5 Å². The number of thiazole rings is 2. The molecule has 0 fully saturated rings. The third-order valence-corrected chi connectivity index (χ3v) is 9.25. The first kappa shape index (κ1) is 27.1. The molecule has 6 heterocycles. The number of rotatable bonds is 5. The number of aryl methyl sites for hydroxylation is 3. The molecule has 0 saturated carbocycles. The number of carbonyl (C=O) groups excluding carboxylic acids is 1. The Labute approximate surface area is 255 Å². The smallest absolute Gasteiger partial charge is 0.249 e. The van der Waals surface area contributed by atoms with Gasteiger partial charge in [-0.3, -0.25) is 9.89 Å². The highest BCUT2D eigenvalue weighted by molar-refractivity contribution is 7.16. The summed E-state index contributed by atoms with van der Waals surface area (Å²) in [5.74, 6) is 1.55. The number of nitrogens with zero attached hydrogens (tertiary/aromatic N) is 7. The lowest BCUT2D eigenvalue weighted by molar-refractivity contribution is 0.0834. The zero-order chi connectivity index (χ0) is 29.3. The van der Waals surface area contributed by atoms with Crippen LogP contribution in [0.3, 0.4) is 0 Å². The molecule has 0 amide bonds. The second-order valence-corrected chi connectivity index (χ2v) is 12.6. The maximum absolute atomic E-state index is 12.3. The third-order valence-electron chi connectivity index (χ3n) is 7.19. The molecular formula is C30H28N10OS2. The van der Waals surface area contributed by atoms with Crippen LogP contribution >= 0.6 is 22.7 Å². The highest BCUT2D eigenvalue weighted by Gasteiger charge is 2.27. The monoisotopic (exact) mass is 608 g/mol. The maximum atomic E-state index is 12.3. The lowest BCUT2D eigenvalue weighted by Gasteiger charge is -2.13. The number of carbonyl (C=O) groups is 1. The molecule has 0 spiro atoms. The van der Waals surface area contributed by atoms with Gasteiger partial charge in [0.15, 0.2) is 10.3 Å². The number of nitrogens with one attached hydrogen (secondary N) is 3. The van der Waals surface area contributed by atoms with E-state index in [1.54, 1.807) is 45.9 Å². The van der Waals surface area contributed by atoms with E-state index in [2.05, 4.69) is 40.9 Å². The van der Waals surface area contributed by atoms with Crippen LogP contribution in [0.4, 0.5) is 21.9 Å². The van der Waals surface area contributed by atoms with Crippen LogP contribution in [-0.2, 0) is 25.7 Å². The van der Waals surface area contributed by atoms with Crippen LogP contribution in [0, 0.1) is 5.92 Å². The van der Waals surface area contributed by atoms with Crippen molar-refractivity contribution in [3.05, 3.63) is 82.3 Å². The zero-order valence-corrected chi connectivity index (χ0v) is 25.2. The molecule has 216 valence electrons. The van der Waals surface area contributed by atoms with Crippen LogP contribution in [-0.4, -0.2) is 45.8 Å². The summed E-state index contributed by atoms with van der Waals surface area (Å²) in [6.45, 7) is 3.78. The van der Waals surface area contributed by atoms with E-state index in [0.717, 1.165) is 75.8 Å². The number of hydrogen-bond acceptors (Lipinski definition) is 11. The minimum Gasteiger partial charge on any atom is -0.316 e. The first-order valence-electron chi connectivity index (χ1n) is 14.0. The molecule has 0 aliphatic heterocycles. The molecule has 0 atom stereocenters. The van der Waals surface area contributed by atoms with Crippen LogP contribution in [0.1, 0.15) is 39.8 Å². The van der Waals surface area contributed by atoms with E-state index < -0.39 is 0 Å². The van der Waals surface area contributed by atoms with Crippen molar-refractivity contribution in [1.29, 1.82) is 0 Å². The molecule has 43 heavy (non-hydrogen) atoms. The Morgan fingerprint density at radius 1 is 0.837 bits per heavy atom. The minimum absolute atomic E-state index is 0.0294.